The second-order valence-corrected chi connectivity index (χ2v) is 7.20. The minimum Gasteiger partial charge on any atom is -0.399 e. The summed E-state index contributed by atoms with van der Waals surface area (Å²) in [6.45, 7) is 5.40. The maximum Gasteiger partial charge on any atom is 0.182 e. The lowest BCUT2D eigenvalue weighted by molar-refractivity contribution is 0.122. The smallest absolute Gasteiger partial charge is 0.182 e. The molecule has 0 unspecified atom stereocenters. The summed E-state index contributed by atoms with van der Waals surface area (Å²) in [4.78, 5) is 11.7. The number of rotatable bonds is 3. The monoisotopic (exact) mass is 386 g/mol. The van der Waals surface area contributed by atoms with Crippen LogP contribution in [0.25, 0.3) is 28.3 Å². The number of hydrogen-bond acceptors (Lipinski definition) is 6. The van der Waals surface area contributed by atoms with Crippen molar-refractivity contribution >= 4 is 17.0 Å². The summed E-state index contributed by atoms with van der Waals surface area (Å²) in [7, 11) is 0. The quantitative estimate of drug-likeness (QED) is 0.545. The average molecular weight is 386 g/mol. The molecule has 3 heterocycles. The number of anilines is 2. The predicted molar refractivity (Wildman–Crippen MR) is 114 cm³/mol. The van der Waals surface area contributed by atoms with Crippen LogP contribution in [0.3, 0.4) is 0 Å². The first kappa shape index (κ1) is 17.6. The fourth-order valence-electron chi connectivity index (χ4n) is 3.72. The maximum atomic E-state index is 5.88. The molecule has 7 heteroatoms. The van der Waals surface area contributed by atoms with Crippen LogP contribution in [0.1, 0.15) is 5.56 Å². The molecule has 4 aromatic rings. The number of nitrogen functional groups attached to an aromatic ring is 1. The number of nitrogens with zero attached hydrogens (tertiary/aromatic N) is 5. The van der Waals surface area contributed by atoms with E-state index in [4.69, 9.17) is 15.5 Å². The zero-order valence-corrected chi connectivity index (χ0v) is 16.2. The molecule has 1 aliphatic heterocycles. The lowest BCUT2D eigenvalue weighted by Crippen LogP contribution is -2.36. The van der Waals surface area contributed by atoms with E-state index in [-0.39, 0.29) is 0 Å². The lowest BCUT2D eigenvalue weighted by atomic mass is 10.1. The third kappa shape index (κ3) is 3.30. The van der Waals surface area contributed by atoms with E-state index < -0.39 is 0 Å². The minimum atomic E-state index is 0.668. The van der Waals surface area contributed by atoms with Crippen molar-refractivity contribution in [2.75, 3.05) is 36.9 Å². The fourth-order valence-corrected chi connectivity index (χ4v) is 3.72. The number of morpholine rings is 1. The van der Waals surface area contributed by atoms with Crippen molar-refractivity contribution in [2.24, 2.45) is 0 Å². The molecule has 0 spiro atoms. The van der Waals surface area contributed by atoms with E-state index in [2.05, 4.69) is 39.2 Å². The van der Waals surface area contributed by atoms with Crippen molar-refractivity contribution in [3.63, 3.8) is 0 Å². The molecule has 0 saturated carbocycles. The number of ether oxygens (including phenoxy) is 1. The van der Waals surface area contributed by atoms with E-state index in [1.807, 2.05) is 31.3 Å². The molecule has 1 fully saturated rings. The van der Waals surface area contributed by atoms with Crippen molar-refractivity contribution in [3.8, 4) is 22.6 Å². The highest BCUT2D eigenvalue weighted by atomic mass is 16.5. The third-order valence-electron chi connectivity index (χ3n) is 5.26. The summed E-state index contributed by atoms with van der Waals surface area (Å²) in [6, 6.07) is 14.2. The highest BCUT2D eigenvalue weighted by Crippen LogP contribution is 2.28. The summed E-state index contributed by atoms with van der Waals surface area (Å²) in [5.41, 5.74) is 12.4. The van der Waals surface area contributed by atoms with Gasteiger partial charge in [-0.05, 0) is 42.8 Å². The van der Waals surface area contributed by atoms with Gasteiger partial charge in [-0.15, -0.1) is 5.10 Å². The minimum absolute atomic E-state index is 0.668. The van der Waals surface area contributed by atoms with Crippen molar-refractivity contribution < 1.29 is 4.74 Å². The van der Waals surface area contributed by atoms with E-state index >= 15 is 0 Å². The van der Waals surface area contributed by atoms with Crippen molar-refractivity contribution in [1.82, 2.24) is 19.6 Å². The molecular formula is C22H22N6O. The Bertz CT molecular complexity index is 1160. The fraction of sp³-hybridized carbons (Fsp3) is 0.227. The van der Waals surface area contributed by atoms with Gasteiger partial charge >= 0.3 is 0 Å². The average Bonchev–Trinajstić information content (AvgIpc) is 3.18. The Hall–Kier alpha value is -3.45. The zero-order chi connectivity index (χ0) is 19.8. The Kier molecular flexibility index (Phi) is 4.37. The number of benzene rings is 2. The molecule has 0 radical (unpaired) electrons. The normalized spacial score (nSPS) is 14.4. The number of hydrogen-bond donors (Lipinski definition) is 1. The zero-order valence-electron chi connectivity index (χ0n) is 16.2. The van der Waals surface area contributed by atoms with Gasteiger partial charge in [0.05, 0.1) is 13.2 Å². The van der Waals surface area contributed by atoms with Gasteiger partial charge in [-0.2, -0.15) is 0 Å². The highest BCUT2D eigenvalue weighted by molar-refractivity contribution is 5.76. The van der Waals surface area contributed by atoms with E-state index in [1.54, 1.807) is 10.7 Å². The topological polar surface area (TPSA) is 81.6 Å². The molecule has 29 heavy (non-hydrogen) atoms. The highest BCUT2D eigenvalue weighted by Gasteiger charge is 2.15. The predicted octanol–water partition coefficient (Wildman–Crippen LogP) is 3.19. The van der Waals surface area contributed by atoms with Crippen molar-refractivity contribution in [2.45, 2.75) is 6.92 Å². The molecule has 2 aromatic carbocycles. The van der Waals surface area contributed by atoms with Gasteiger partial charge in [-0.1, -0.05) is 12.1 Å². The summed E-state index contributed by atoms with van der Waals surface area (Å²) >= 11 is 0. The summed E-state index contributed by atoms with van der Waals surface area (Å²) in [5.74, 6) is 0.668. The van der Waals surface area contributed by atoms with Gasteiger partial charge in [0.2, 0.25) is 0 Å². The van der Waals surface area contributed by atoms with E-state index in [9.17, 15) is 0 Å². The van der Waals surface area contributed by atoms with E-state index in [1.165, 1.54) is 5.69 Å². The van der Waals surface area contributed by atoms with Gasteiger partial charge < -0.3 is 15.4 Å². The molecule has 1 saturated heterocycles. The Morgan fingerprint density at radius 3 is 2.59 bits per heavy atom. The van der Waals surface area contributed by atoms with Crippen molar-refractivity contribution in [1.29, 1.82) is 0 Å². The second kappa shape index (κ2) is 7.18. The second-order valence-electron chi connectivity index (χ2n) is 7.20. The van der Waals surface area contributed by atoms with Crippen molar-refractivity contribution in [3.05, 3.63) is 60.4 Å². The van der Waals surface area contributed by atoms with Gasteiger partial charge in [-0.3, -0.25) is 4.98 Å². The first-order valence-electron chi connectivity index (χ1n) is 9.70. The van der Waals surface area contributed by atoms with Crippen LogP contribution in [0, 0.1) is 6.92 Å². The third-order valence-corrected chi connectivity index (χ3v) is 5.26. The Balaban J connectivity index is 1.52. The molecule has 1 aliphatic rings. The standard InChI is InChI=1S/C22H22N6O/c1-15-14-17(23)4-7-19(15)21-25-22-20(24-8-9-28(22)26-21)16-2-5-18(6-3-16)27-10-12-29-13-11-27/h2-9,14H,10-13,23H2,1H3. The van der Waals surface area contributed by atoms with Crippen LogP contribution in [-0.4, -0.2) is 45.9 Å². The summed E-state index contributed by atoms with van der Waals surface area (Å²) < 4.78 is 7.22. The molecule has 0 amide bonds. The number of aromatic nitrogens is 4. The molecule has 0 aliphatic carbocycles. The first-order chi connectivity index (χ1) is 14.2. The van der Waals surface area contributed by atoms with Gasteiger partial charge in [0, 0.05) is 48.0 Å². The molecule has 5 rings (SSSR count). The molecule has 146 valence electrons. The van der Waals surface area contributed by atoms with Crippen LogP contribution in [0.4, 0.5) is 11.4 Å². The molecule has 7 nitrogen and oxygen atoms in total. The van der Waals surface area contributed by atoms with Gasteiger partial charge in [-0.25, -0.2) is 9.50 Å². The van der Waals surface area contributed by atoms with Crippen LogP contribution in [0.2, 0.25) is 0 Å². The van der Waals surface area contributed by atoms with E-state index in [0.717, 1.165) is 60.0 Å². The van der Waals surface area contributed by atoms with Gasteiger partial charge in [0.1, 0.15) is 5.69 Å². The largest absolute Gasteiger partial charge is 0.399 e. The SMILES string of the molecule is Cc1cc(N)ccc1-c1nc2c(-c3ccc(N4CCOCC4)cc3)nccn2n1. The number of fused-ring (bicyclic) bond motifs is 1. The molecule has 0 atom stereocenters. The van der Waals surface area contributed by atoms with Crippen LogP contribution >= 0.6 is 0 Å². The number of aryl methyl sites for hydroxylation is 1. The van der Waals surface area contributed by atoms with Gasteiger partial charge in [0.15, 0.2) is 11.5 Å². The first-order valence-corrected chi connectivity index (χ1v) is 9.70. The Labute approximate surface area is 168 Å². The molecule has 2 aromatic heterocycles. The number of nitrogens with two attached hydrogens (primary N) is 1. The molecule has 2 N–H and O–H groups in total. The van der Waals surface area contributed by atoms with Crippen LogP contribution in [-0.2, 0) is 4.74 Å². The molecule has 0 bridgehead atoms. The Morgan fingerprint density at radius 1 is 1.03 bits per heavy atom. The van der Waals surface area contributed by atoms with E-state index in [0.29, 0.717) is 5.82 Å². The van der Waals surface area contributed by atoms with Crippen LogP contribution < -0.4 is 10.6 Å². The summed E-state index contributed by atoms with van der Waals surface area (Å²) in [6.07, 6.45) is 3.58. The lowest BCUT2D eigenvalue weighted by Gasteiger charge is -2.28. The summed E-state index contributed by atoms with van der Waals surface area (Å²) in [5, 5.41) is 4.65. The Morgan fingerprint density at radius 2 is 1.83 bits per heavy atom. The van der Waals surface area contributed by atoms with Gasteiger partial charge in [0.25, 0.3) is 0 Å². The van der Waals surface area contributed by atoms with Crippen LogP contribution in [0.15, 0.2) is 54.9 Å². The molecular weight excluding hydrogens is 364 g/mol. The maximum absolute atomic E-state index is 5.88. The van der Waals surface area contributed by atoms with Crippen LogP contribution in [0.5, 0.6) is 0 Å².